The van der Waals surface area contributed by atoms with Crippen LogP contribution in [-0.2, 0) is 9.53 Å². The van der Waals surface area contributed by atoms with Crippen LogP contribution in [0.2, 0.25) is 0 Å². The molecule has 3 nitrogen and oxygen atoms in total. The van der Waals surface area contributed by atoms with Crippen molar-refractivity contribution in [2.24, 2.45) is 0 Å². The van der Waals surface area contributed by atoms with E-state index in [1.54, 1.807) is 26.8 Å². The zero-order valence-electron chi connectivity index (χ0n) is 11.9. The summed E-state index contributed by atoms with van der Waals surface area (Å²) in [4.78, 5) is 12.6. The second kappa shape index (κ2) is 6.46. The second-order valence-electron chi connectivity index (χ2n) is 5.83. The topological polar surface area (TPSA) is 29.5 Å². The molecule has 0 radical (unpaired) electrons. The molecule has 0 bridgehead atoms. The third-order valence-electron chi connectivity index (χ3n) is 2.84. The molecule has 0 spiro atoms. The normalized spacial score (nSPS) is 20.7. The van der Waals surface area contributed by atoms with Gasteiger partial charge in [-0.3, -0.25) is 0 Å². The fourth-order valence-electron chi connectivity index (χ4n) is 1.98. The van der Waals surface area contributed by atoms with Gasteiger partial charge in [0.15, 0.2) is 0 Å². The molecule has 0 aromatic rings. The van der Waals surface area contributed by atoms with Gasteiger partial charge in [0.2, 0.25) is 0 Å². The molecular formula is C14H23F2NO2. The van der Waals surface area contributed by atoms with Crippen molar-refractivity contribution in [2.45, 2.75) is 58.1 Å². The molecule has 1 aliphatic heterocycles. The summed E-state index contributed by atoms with van der Waals surface area (Å²) < 4.78 is 32.1. The highest BCUT2D eigenvalue weighted by molar-refractivity contribution is 5.82. The molecule has 1 aliphatic rings. The van der Waals surface area contributed by atoms with Crippen molar-refractivity contribution in [3.8, 4) is 0 Å². The van der Waals surface area contributed by atoms with Crippen LogP contribution < -0.4 is 0 Å². The van der Waals surface area contributed by atoms with Gasteiger partial charge in [0.1, 0.15) is 5.60 Å². The summed E-state index contributed by atoms with van der Waals surface area (Å²) >= 11 is 0. The highest BCUT2D eigenvalue weighted by atomic mass is 19.3. The van der Waals surface area contributed by atoms with Crippen molar-refractivity contribution >= 4 is 5.97 Å². The molecule has 0 saturated carbocycles. The van der Waals surface area contributed by atoms with Crippen LogP contribution in [0.25, 0.3) is 0 Å². The predicted octanol–water partition coefficient (Wildman–Crippen LogP) is 3.35. The molecule has 19 heavy (non-hydrogen) atoms. The quantitative estimate of drug-likeness (QED) is 0.447. The Hall–Kier alpha value is -0.970. The average molecular weight is 275 g/mol. The summed E-state index contributed by atoms with van der Waals surface area (Å²) in [6.07, 6.45) is 4.66. The first-order chi connectivity index (χ1) is 8.71. The number of ether oxygens (including phenoxy) is 1. The number of piperidine rings is 1. The summed E-state index contributed by atoms with van der Waals surface area (Å²) in [6.45, 7) is 6.05. The van der Waals surface area contributed by atoms with Crippen LogP contribution in [0.5, 0.6) is 0 Å². The van der Waals surface area contributed by atoms with Crippen molar-refractivity contribution in [1.82, 2.24) is 4.90 Å². The molecule has 0 unspecified atom stereocenters. The van der Waals surface area contributed by atoms with E-state index in [1.807, 2.05) is 0 Å². The van der Waals surface area contributed by atoms with Crippen LogP contribution in [0, 0.1) is 0 Å². The molecule has 1 rings (SSSR count). The van der Waals surface area contributed by atoms with E-state index in [0.717, 1.165) is 6.42 Å². The molecule has 0 aromatic heterocycles. The largest absolute Gasteiger partial charge is 0.457 e. The van der Waals surface area contributed by atoms with Crippen molar-refractivity contribution in [1.29, 1.82) is 0 Å². The standard InChI is InChI=1S/C14H23F2NO2/c1-13(2,3)19-12(18)8-4-6-10-17-11-7-5-9-14(17,15)16/h4,8H,5-7,9-11H2,1-3H3. The number of likely N-dealkylation sites (tertiary alicyclic amines) is 1. The van der Waals surface area contributed by atoms with Gasteiger partial charge >= 0.3 is 12.0 Å². The maximum atomic E-state index is 13.5. The third-order valence-corrected chi connectivity index (χ3v) is 2.84. The predicted molar refractivity (Wildman–Crippen MR) is 70.0 cm³/mol. The van der Waals surface area contributed by atoms with Crippen molar-refractivity contribution in [3.05, 3.63) is 12.2 Å². The Labute approximate surface area is 113 Å². The number of nitrogens with zero attached hydrogens (tertiary/aromatic N) is 1. The monoisotopic (exact) mass is 275 g/mol. The molecule has 1 fully saturated rings. The molecule has 5 heteroatoms. The van der Waals surface area contributed by atoms with Gasteiger partial charge in [0, 0.05) is 25.6 Å². The maximum Gasteiger partial charge on any atom is 0.330 e. The van der Waals surface area contributed by atoms with Gasteiger partial charge in [-0.1, -0.05) is 6.08 Å². The maximum absolute atomic E-state index is 13.5. The Bertz CT molecular complexity index is 335. The molecule has 0 aliphatic carbocycles. The summed E-state index contributed by atoms with van der Waals surface area (Å²) in [7, 11) is 0. The molecule has 0 atom stereocenters. The van der Waals surface area contributed by atoms with Gasteiger partial charge in [0.05, 0.1) is 0 Å². The lowest BCUT2D eigenvalue weighted by Gasteiger charge is -2.34. The number of esters is 1. The Morgan fingerprint density at radius 1 is 1.37 bits per heavy atom. The SMILES string of the molecule is CC(C)(C)OC(=O)C=CCCN1CCCCC1(F)F. The Balaban J connectivity index is 2.31. The average Bonchev–Trinajstić information content (AvgIpc) is 2.23. The lowest BCUT2D eigenvalue weighted by Crippen LogP contribution is -2.45. The third kappa shape index (κ3) is 6.14. The molecule has 1 saturated heterocycles. The zero-order chi connectivity index (χ0) is 14.5. The fraction of sp³-hybridized carbons (Fsp3) is 0.786. The van der Waals surface area contributed by atoms with Crippen molar-refractivity contribution < 1.29 is 18.3 Å². The first-order valence-electron chi connectivity index (χ1n) is 6.73. The highest BCUT2D eigenvalue weighted by Gasteiger charge is 2.38. The number of alkyl halides is 2. The summed E-state index contributed by atoms with van der Waals surface area (Å²) in [5.74, 6) is -0.432. The van der Waals surface area contributed by atoms with Crippen LogP contribution in [0.3, 0.4) is 0 Å². The molecular weight excluding hydrogens is 252 g/mol. The van der Waals surface area contributed by atoms with Crippen LogP contribution >= 0.6 is 0 Å². The molecule has 0 aromatic carbocycles. The smallest absolute Gasteiger partial charge is 0.330 e. The van der Waals surface area contributed by atoms with E-state index in [1.165, 1.54) is 11.0 Å². The number of carbonyl (C=O) groups is 1. The van der Waals surface area contributed by atoms with Gasteiger partial charge in [-0.15, -0.1) is 0 Å². The summed E-state index contributed by atoms with van der Waals surface area (Å²) in [6, 6.07) is -2.70. The lowest BCUT2D eigenvalue weighted by molar-refractivity contribution is -0.166. The Morgan fingerprint density at radius 2 is 2.05 bits per heavy atom. The Kier molecular flexibility index (Phi) is 5.47. The van der Waals surface area contributed by atoms with E-state index in [0.29, 0.717) is 19.4 Å². The van der Waals surface area contributed by atoms with Gasteiger partial charge in [0.25, 0.3) is 0 Å². The minimum absolute atomic E-state index is 0.0667. The number of carbonyl (C=O) groups excluding carboxylic acids is 1. The van der Waals surface area contributed by atoms with E-state index in [2.05, 4.69) is 0 Å². The van der Waals surface area contributed by atoms with E-state index < -0.39 is 17.6 Å². The minimum Gasteiger partial charge on any atom is -0.457 e. The number of rotatable bonds is 4. The number of hydrogen-bond donors (Lipinski definition) is 0. The minimum atomic E-state index is -2.70. The van der Waals surface area contributed by atoms with Crippen LogP contribution in [0.4, 0.5) is 8.78 Å². The van der Waals surface area contributed by atoms with Crippen LogP contribution in [0.1, 0.15) is 46.5 Å². The van der Waals surface area contributed by atoms with Gasteiger partial charge < -0.3 is 4.74 Å². The molecule has 110 valence electrons. The first-order valence-corrected chi connectivity index (χ1v) is 6.73. The van der Waals surface area contributed by atoms with E-state index >= 15 is 0 Å². The van der Waals surface area contributed by atoms with E-state index in [9.17, 15) is 13.6 Å². The van der Waals surface area contributed by atoms with Crippen LogP contribution in [0.15, 0.2) is 12.2 Å². The zero-order valence-corrected chi connectivity index (χ0v) is 11.9. The fourth-order valence-corrected chi connectivity index (χ4v) is 1.98. The van der Waals surface area contributed by atoms with E-state index in [-0.39, 0.29) is 13.0 Å². The van der Waals surface area contributed by atoms with Crippen molar-refractivity contribution in [2.75, 3.05) is 13.1 Å². The summed E-state index contributed by atoms with van der Waals surface area (Å²) in [5.41, 5.74) is -0.526. The molecule has 1 heterocycles. The number of halogens is 2. The Morgan fingerprint density at radius 3 is 2.63 bits per heavy atom. The first kappa shape index (κ1) is 16.1. The van der Waals surface area contributed by atoms with Gasteiger partial charge in [-0.05, 0) is 40.0 Å². The van der Waals surface area contributed by atoms with Crippen LogP contribution in [-0.4, -0.2) is 35.6 Å². The highest BCUT2D eigenvalue weighted by Crippen LogP contribution is 2.30. The molecule has 0 amide bonds. The van der Waals surface area contributed by atoms with Crippen molar-refractivity contribution in [3.63, 3.8) is 0 Å². The lowest BCUT2D eigenvalue weighted by atomic mass is 10.1. The second-order valence-corrected chi connectivity index (χ2v) is 5.83. The van der Waals surface area contributed by atoms with E-state index in [4.69, 9.17) is 4.74 Å². The summed E-state index contributed by atoms with van der Waals surface area (Å²) in [5, 5.41) is 0. The number of hydrogen-bond acceptors (Lipinski definition) is 3. The molecule has 0 N–H and O–H groups in total. The van der Waals surface area contributed by atoms with Gasteiger partial charge in [-0.25, -0.2) is 9.69 Å². The van der Waals surface area contributed by atoms with Gasteiger partial charge in [-0.2, -0.15) is 8.78 Å².